The zero-order valence-electron chi connectivity index (χ0n) is 14.3. The van der Waals surface area contributed by atoms with Gasteiger partial charge >= 0.3 is 11.9 Å². The molecule has 0 radical (unpaired) electrons. The molecule has 2 aromatic carbocycles. The molecule has 0 atom stereocenters. The van der Waals surface area contributed by atoms with Crippen molar-refractivity contribution in [3.63, 3.8) is 0 Å². The van der Waals surface area contributed by atoms with Gasteiger partial charge in [0.2, 0.25) is 0 Å². The molecule has 0 spiro atoms. The zero-order chi connectivity index (χ0) is 20.4. The van der Waals surface area contributed by atoms with Crippen molar-refractivity contribution < 1.29 is 19.8 Å². The number of nitrogen functional groups attached to an aromatic ring is 1. The lowest BCUT2D eigenvalue weighted by atomic mass is 9.93. The maximum absolute atomic E-state index is 12.1. The number of carboxylic acids is 2. The van der Waals surface area contributed by atoms with E-state index in [-0.39, 0.29) is 11.1 Å². The number of anilines is 1. The first kappa shape index (κ1) is 18.4. The van der Waals surface area contributed by atoms with E-state index in [1.807, 2.05) is 6.07 Å². The Morgan fingerprint density at radius 2 is 1.32 bits per heavy atom. The monoisotopic (exact) mass is 375 g/mol. The van der Waals surface area contributed by atoms with Crippen molar-refractivity contribution in [2.75, 3.05) is 5.73 Å². The third kappa shape index (κ3) is 3.20. The quantitative estimate of drug-likeness (QED) is 0.545. The summed E-state index contributed by atoms with van der Waals surface area (Å²) in [6.45, 7) is 0. The van der Waals surface area contributed by atoms with Gasteiger partial charge in [0.15, 0.2) is 0 Å². The van der Waals surface area contributed by atoms with Crippen LogP contribution in [-0.2, 0) is 0 Å². The van der Waals surface area contributed by atoms with Crippen molar-refractivity contribution in [1.82, 2.24) is 4.98 Å². The molecule has 8 nitrogen and oxygen atoms in total. The van der Waals surface area contributed by atoms with Gasteiger partial charge in [-0.05, 0) is 28.8 Å². The first-order valence-electron chi connectivity index (χ1n) is 7.96. The highest BCUT2D eigenvalue weighted by molar-refractivity contribution is 6.07. The van der Waals surface area contributed by atoms with Gasteiger partial charge in [-0.15, -0.1) is 0 Å². The topological polar surface area (TPSA) is 157 Å². The van der Waals surface area contributed by atoms with E-state index in [0.29, 0.717) is 5.56 Å². The largest absolute Gasteiger partial charge is 0.478 e. The lowest BCUT2D eigenvalue weighted by Gasteiger charge is -2.12. The van der Waals surface area contributed by atoms with Gasteiger partial charge in [-0.25, -0.2) is 9.59 Å². The standard InChI is InChI=1S/C20H13N3O5/c21-9-10-1-3-11(4-2-10)12-5-7-13(8-6-12)14-15(19(25)26)17(22)23-18(24)16(14)20(27)28/h1-8H,(H,25,26)(H,27,28)(H3,22,23,24). The molecular formula is C20H13N3O5. The van der Waals surface area contributed by atoms with Crippen LogP contribution in [0.15, 0.2) is 53.3 Å². The number of pyridine rings is 1. The normalized spacial score (nSPS) is 10.2. The average Bonchev–Trinajstić information content (AvgIpc) is 2.67. The number of benzene rings is 2. The van der Waals surface area contributed by atoms with Crippen molar-refractivity contribution in [3.05, 3.63) is 75.6 Å². The molecule has 5 N–H and O–H groups in total. The van der Waals surface area contributed by atoms with Crippen LogP contribution in [0.1, 0.15) is 26.3 Å². The number of carbonyl (C=O) groups is 2. The fraction of sp³-hybridized carbons (Fsp3) is 0. The average molecular weight is 375 g/mol. The molecule has 1 heterocycles. The second kappa shape index (κ2) is 7.09. The summed E-state index contributed by atoms with van der Waals surface area (Å²) in [6, 6.07) is 15.2. The number of aromatic carboxylic acids is 2. The Morgan fingerprint density at radius 3 is 1.79 bits per heavy atom. The Hall–Kier alpha value is -4.38. The Bertz CT molecular complexity index is 1190. The van der Waals surface area contributed by atoms with E-state index in [1.165, 1.54) is 12.1 Å². The highest BCUT2D eigenvalue weighted by atomic mass is 16.4. The van der Waals surface area contributed by atoms with Crippen LogP contribution in [0.2, 0.25) is 0 Å². The van der Waals surface area contributed by atoms with Crippen molar-refractivity contribution >= 4 is 17.8 Å². The van der Waals surface area contributed by atoms with Crippen molar-refractivity contribution in [3.8, 4) is 28.3 Å². The van der Waals surface area contributed by atoms with Crippen LogP contribution in [0.5, 0.6) is 0 Å². The van der Waals surface area contributed by atoms with Crippen LogP contribution in [0.4, 0.5) is 5.82 Å². The predicted molar refractivity (Wildman–Crippen MR) is 101 cm³/mol. The van der Waals surface area contributed by atoms with Gasteiger partial charge in [-0.3, -0.25) is 4.79 Å². The van der Waals surface area contributed by atoms with E-state index >= 15 is 0 Å². The second-order valence-electron chi connectivity index (χ2n) is 5.87. The number of aromatic amines is 1. The van der Waals surface area contributed by atoms with Gasteiger partial charge < -0.3 is 20.9 Å². The molecule has 28 heavy (non-hydrogen) atoms. The van der Waals surface area contributed by atoms with Gasteiger partial charge in [-0.2, -0.15) is 5.26 Å². The summed E-state index contributed by atoms with van der Waals surface area (Å²) in [5.74, 6) is -3.44. The summed E-state index contributed by atoms with van der Waals surface area (Å²) in [5, 5.41) is 27.7. The number of nitrogens with two attached hydrogens (primary N) is 1. The number of hydrogen-bond donors (Lipinski definition) is 4. The Morgan fingerprint density at radius 1 is 0.857 bits per heavy atom. The molecule has 3 aromatic rings. The SMILES string of the molecule is N#Cc1ccc(-c2ccc(-c3c(C(=O)O)c(N)[nH]c(=O)c3C(=O)O)cc2)cc1. The summed E-state index contributed by atoms with van der Waals surface area (Å²) >= 11 is 0. The number of nitrogens with zero attached hydrogens (tertiary/aromatic N) is 1. The predicted octanol–water partition coefficient (Wildman–Crippen LogP) is 2.56. The maximum atomic E-state index is 12.1. The molecule has 1 aromatic heterocycles. The molecule has 0 fully saturated rings. The van der Waals surface area contributed by atoms with E-state index in [4.69, 9.17) is 11.0 Å². The molecule has 0 saturated carbocycles. The smallest absolute Gasteiger partial charge is 0.342 e. The summed E-state index contributed by atoms with van der Waals surface area (Å²) in [7, 11) is 0. The van der Waals surface area contributed by atoms with Gasteiger partial charge in [-0.1, -0.05) is 36.4 Å². The fourth-order valence-electron chi connectivity index (χ4n) is 2.90. The minimum Gasteiger partial charge on any atom is -0.478 e. The van der Waals surface area contributed by atoms with E-state index in [9.17, 15) is 24.6 Å². The number of rotatable bonds is 4. The molecule has 3 rings (SSSR count). The number of H-pyrrole nitrogens is 1. The third-order valence-electron chi connectivity index (χ3n) is 4.19. The van der Waals surface area contributed by atoms with Crippen molar-refractivity contribution in [2.45, 2.75) is 0 Å². The molecule has 0 unspecified atom stereocenters. The number of nitriles is 1. The third-order valence-corrected chi connectivity index (χ3v) is 4.19. The molecule has 0 bridgehead atoms. The molecule has 0 aliphatic carbocycles. The molecule has 138 valence electrons. The first-order chi connectivity index (χ1) is 13.3. The summed E-state index contributed by atoms with van der Waals surface area (Å²) < 4.78 is 0. The van der Waals surface area contributed by atoms with Crippen molar-refractivity contribution in [2.24, 2.45) is 0 Å². The van der Waals surface area contributed by atoms with Crippen LogP contribution in [0.25, 0.3) is 22.3 Å². The number of carboxylic acid groups (broad SMARTS) is 2. The van der Waals surface area contributed by atoms with E-state index < -0.39 is 34.4 Å². The van der Waals surface area contributed by atoms with Crippen LogP contribution in [0, 0.1) is 11.3 Å². The first-order valence-corrected chi connectivity index (χ1v) is 7.96. The molecule has 8 heteroatoms. The molecule has 0 saturated heterocycles. The Kier molecular flexibility index (Phi) is 4.66. The highest BCUT2D eigenvalue weighted by Gasteiger charge is 2.26. The van der Waals surface area contributed by atoms with E-state index in [1.54, 1.807) is 36.4 Å². The Balaban J connectivity index is 2.18. The molecule has 0 aliphatic rings. The zero-order valence-corrected chi connectivity index (χ0v) is 14.3. The van der Waals surface area contributed by atoms with Crippen LogP contribution in [0.3, 0.4) is 0 Å². The lowest BCUT2D eigenvalue weighted by molar-refractivity contribution is 0.0695. The number of hydrogen-bond acceptors (Lipinski definition) is 5. The van der Waals surface area contributed by atoms with Crippen LogP contribution in [-0.4, -0.2) is 27.1 Å². The second-order valence-corrected chi connectivity index (χ2v) is 5.87. The van der Waals surface area contributed by atoms with Gasteiger partial charge in [0.1, 0.15) is 16.9 Å². The number of nitrogens with one attached hydrogen (secondary N) is 1. The fourth-order valence-corrected chi connectivity index (χ4v) is 2.90. The summed E-state index contributed by atoms with van der Waals surface area (Å²) in [5.41, 5.74) is 5.51. The van der Waals surface area contributed by atoms with Crippen LogP contribution < -0.4 is 11.3 Å². The minimum absolute atomic E-state index is 0.227. The van der Waals surface area contributed by atoms with Crippen molar-refractivity contribution in [1.29, 1.82) is 5.26 Å². The molecular weight excluding hydrogens is 362 g/mol. The van der Waals surface area contributed by atoms with Gasteiger partial charge in [0.05, 0.1) is 11.6 Å². The van der Waals surface area contributed by atoms with E-state index in [2.05, 4.69) is 4.98 Å². The molecule has 0 aliphatic heterocycles. The summed E-state index contributed by atoms with van der Waals surface area (Å²) in [4.78, 5) is 37.3. The van der Waals surface area contributed by atoms with Gasteiger partial charge in [0, 0.05) is 5.56 Å². The maximum Gasteiger partial charge on any atom is 0.342 e. The Labute approximate surface area is 158 Å². The highest BCUT2D eigenvalue weighted by Crippen LogP contribution is 2.31. The van der Waals surface area contributed by atoms with Gasteiger partial charge in [0.25, 0.3) is 5.56 Å². The van der Waals surface area contributed by atoms with E-state index in [0.717, 1.165) is 11.1 Å². The van der Waals surface area contributed by atoms with Crippen LogP contribution >= 0.6 is 0 Å². The lowest BCUT2D eigenvalue weighted by Crippen LogP contribution is -2.24. The molecule has 0 amide bonds. The number of aromatic nitrogens is 1. The minimum atomic E-state index is -1.56. The summed E-state index contributed by atoms with van der Waals surface area (Å²) in [6.07, 6.45) is 0.